The Morgan fingerprint density at radius 2 is 2.50 bits per heavy atom. The first-order valence-corrected chi connectivity index (χ1v) is 5.00. The van der Waals surface area contributed by atoms with E-state index in [0.717, 1.165) is 11.8 Å². The van der Waals surface area contributed by atoms with Crippen LogP contribution >= 0.6 is 11.8 Å². The van der Waals surface area contributed by atoms with E-state index in [1.807, 2.05) is 0 Å². The Morgan fingerprint density at radius 3 is 3.10 bits per heavy atom. The summed E-state index contributed by atoms with van der Waals surface area (Å²) in [5.74, 6) is 1.24. The van der Waals surface area contributed by atoms with Crippen molar-refractivity contribution in [2.45, 2.75) is 18.1 Å². The molecule has 0 amide bonds. The molecule has 0 aromatic rings. The highest BCUT2D eigenvalue weighted by atomic mass is 32.2. The van der Waals surface area contributed by atoms with Crippen molar-refractivity contribution in [3.8, 4) is 0 Å². The zero-order chi connectivity index (χ0) is 7.23. The summed E-state index contributed by atoms with van der Waals surface area (Å²) in [7, 11) is 0. The van der Waals surface area contributed by atoms with Crippen molar-refractivity contribution in [3.63, 3.8) is 0 Å². The Labute approximate surface area is 66.9 Å². The van der Waals surface area contributed by atoms with Crippen molar-refractivity contribution in [3.05, 3.63) is 0 Å². The van der Waals surface area contributed by atoms with Crippen LogP contribution in [-0.2, 0) is 0 Å². The molecule has 1 heterocycles. The topological polar surface area (TPSA) is 38.0 Å². The zero-order valence-corrected chi connectivity index (χ0v) is 7.12. The van der Waals surface area contributed by atoms with Crippen LogP contribution in [-0.4, -0.2) is 30.6 Å². The van der Waals surface area contributed by atoms with Crippen LogP contribution in [0, 0.1) is 0 Å². The largest absolute Gasteiger partial charge is 0.330 e. The van der Waals surface area contributed by atoms with Crippen LogP contribution in [0.4, 0.5) is 0 Å². The van der Waals surface area contributed by atoms with Crippen molar-refractivity contribution in [1.82, 2.24) is 5.32 Å². The molecular formula is C7H16N2S. The molecular weight excluding hydrogens is 144 g/mol. The normalized spacial score (nSPS) is 25.5. The summed E-state index contributed by atoms with van der Waals surface area (Å²) in [6.07, 6.45) is 2.51. The molecule has 0 bridgehead atoms. The fourth-order valence-electron chi connectivity index (χ4n) is 1.10. The van der Waals surface area contributed by atoms with Crippen LogP contribution in [0.25, 0.3) is 0 Å². The summed E-state index contributed by atoms with van der Waals surface area (Å²) in [5, 5.41) is 4.21. The summed E-state index contributed by atoms with van der Waals surface area (Å²) < 4.78 is 0. The SMILES string of the molecule is NCCCSC1CCNC1. The standard InChI is InChI=1S/C7H16N2S/c8-3-1-5-10-7-2-4-9-6-7/h7,9H,1-6,8H2. The number of thioether (sulfide) groups is 1. The predicted molar refractivity (Wildman–Crippen MR) is 47.4 cm³/mol. The summed E-state index contributed by atoms with van der Waals surface area (Å²) in [6, 6.07) is 0. The maximum atomic E-state index is 5.38. The monoisotopic (exact) mass is 160 g/mol. The van der Waals surface area contributed by atoms with Gasteiger partial charge in [0, 0.05) is 11.8 Å². The van der Waals surface area contributed by atoms with Gasteiger partial charge in [0.2, 0.25) is 0 Å². The number of hydrogen-bond donors (Lipinski definition) is 2. The average molecular weight is 160 g/mol. The minimum absolute atomic E-state index is 0.840. The molecule has 0 aromatic heterocycles. The number of nitrogens with one attached hydrogen (secondary N) is 1. The summed E-state index contributed by atoms with van der Waals surface area (Å²) >= 11 is 2.07. The van der Waals surface area contributed by atoms with E-state index >= 15 is 0 Å². The Bertz CT molecular complexity index is 81.7. The minimum atomic E-state index is 0.840. The Balaban J connectivity index is 1.91. The molecule has 0 spiro atoms. The van der Waals surface area contributed by atoms with Crippen LogP contribution in [0.15, 0.2) is 0 Å². The van der Waals surface area contributed by atoms with Crippen LogP contribution in [0.2, 0.25) is 0 Å². The molecule has 3 heteroatoms. The summed E-state index contributed by atoms with van der Waals surface area (Å²) in [5.41, 5.74) is 5.38. The lowest BCUT2D eigenvalue weighted by atomic mass is 10.4. The zero-order valence-electron chi connectivity index (χ0n) is 6.31. The van der Waals surface area contributed by atoms with Crippen molar-refractivity contribution in [1.29, 1.82) is 0 Å². The highest BCUT2D eigenvalue weighted by Gasteiger charge is 2.13. The van der Waals surface area contributed by atoms with Crippen molar-refractivity contribution >= 4 is 11.8 Å². The highest BCUT2D eigenvalue weighted by molar-refractivity contribution is 7.99. The van der Waals surface area contributed by atoms with Gasteiger partial charge in [-0.15, -0.1) is 0 Å². The van der Waals surface area contributed by atoms with Gasteiger partial charge in [-0.3, -0.25) is 0 Å². The van der Waals surface area contributed by atoms with E-state index in [1.54, 1.807) is 0 Å². The lowest BCUT2D eigenvalue weighted by Gasteiger charge is -2.05. The minimum Gasteiger partial charge on any atom is -0.330 e. The van der Waals surface area contributed by atoms with Gasteiger partial charge in [0.25, 0.3) is 0 Å². The molecule has 1 aliphatic rings. The van der Waals surface area contributed by atoms with Crippen molar-refractivity contribution in [2.75, 3.05) is 25.4 Å². The van der Waals surface area contributed by atoms with E-state index in [0.29, 0.717) is 0 Å². The first kappa shape index (κ1) is 8.37. The first-order valence-electron chi connectivity index (χ1n) is 3.96. The second-order valence-corrected chi connectivity index (χ2v) is 4.04. The molecule has 2 nitrogen and oxygen atoms in total. The molecule has 0 aromatic carbocycles. The Kier molecular flexibility index (Phi) is 4.18. The Morgan fingerprint density at radius 1 is 1.60 bits per heavy atom. The molecule has 0 aliphatic carbocycles. The van der Waals surface area contributed by atoms with Crippen LogP contribution in [0.3, 0.4) is 0 Å². The highest BCUT2D eigenvalue weighted by Crippen LogP contribution is 2.17. The van der Waals surface area contributed by atoms with Crippen LogP contribution in [0.1, 0.15) is 12.8 Å². The molecule has 1 fully saturated rings. The molecule has 1 atom stereocenters. The third-order valence-corrected chi connectivity index (χ3v) is 3.12. The van der Waals surface area contributed by atoms with E-state index in [1.165, 1.54) is 31.7 Å². The molecule has 60 valence electrons. The quantitative estimate of drug-likeness (QED) is 0.586. The lowest BCUT2D eigenvalue weighted by molar-refractivity contribution is 0.858. The molecule has 3 N–H and O–H groups in total. The van der Waals surface area contributed by atoms with Gasteiger partial charge in [0.05, 0.1) is 0 Å². The van der Waals surface area contributed by atoms with Crippen LogP contribution < -0.4 is 11.1 Å². The van der Waals surface area contributed by atoms with Gasteiger partial charge in [-0.25, -0.2) is 0 Å². The summed E-state index contributed by atoms with van der Waals surface area (Å²) in [4.78, 5) is 0. The van der Waals surface area contributed by atoms with Crippen molar-refractivity contribution < 1.29 is 0 Å². The fourth-order valence-corrected chi connectivity index (χ4v) is 2.29. The van der Waals surface area contributed by atoms with Gasteiger partial charge in [-0.05, 0) is 31.7 Å². The molecule has 1 aliphatic heterocycles. The number of hydrogen-bond acceptors (Lipinski definition) is 3. The molecule has 0 radical (unpaired) electrons. The van der Waals surface area contributed by atoms with Gasteiger partial charge in [-0.1, -0.05) is 0 Å². The lowest BCUT2D eigenvalue weighted by Crippen LogP contribution is -2.11. The van der Waals surface area contributed by atoms with E-state index in [-0.39, 0.29) is 0 Å². The third-order valence-electron chi connectivity index (χ3n) is 1.72. The van der Waals surface area contributed by atoms with E-state index in [9.17, 15) is 0 Å². The maximum Gasteiger partial charge on any atom is 0.0184 e. The number of rotatable bonds is 4. The second-order valence-electron chi connectivity index (χ2n) is 2.63. The average Bonchev–Trinajstić information content (AvgIpc) is 2.41. The number of nitrogens with two attached hydrogens (primary N) is 1. The van der Waals surface area contributed by atoms with Gasteiger partial charge in [0.15, 0.2) is 0 Å². The van der Waals surface area contributed by atoms with Crippen LogP contribution in [0.5, 0.6) is 0 Å². The molecule has 10 heavy (non-hydrogen) atoms. The molecule has 1 unspecified atom stereocenters. The second kappa shape index (κ2) is 4.99. The van der Waals surface area contributed by atoms with Gasteiger partial charge in [0.1, 0.15) is 0 Å². The van der Waals surface area contributed by atoms with E-state index < -0.39 is 0 Å². The molecule has 1 saturated heterocycles. The van der Waals surface area contributed by atoms with Crippen molar-refractivity contribution in [2.24, 2.45) is 5.73 Å². The predicted octanol–water partition coefficient (Wildman–Crippen LogP) is 0.430. The molecule has 1 rings (SSSR count). The Hall–Kier alpha value is 0.270. The van der Waals surface area contributed by atoms with E-state index in [2.05, 4.69) is 17.1 Å². The first-order chi connectivity index (χ1) is 4.93. The smallest absolute Gasteiger partial charge is 0.0184 e. The van der Waals surface area contributed by atoms with Gasteiger partial charge >= 0.3 is 0 Å². The maximum absolute atomic E-state index is 5.38. The van der Waals surface area contributed by atoms with Gasteiger partial charge < -0.3 is 11.1 Å². The van der Waals surface area contributed by atoms with E-state index in [4.69, 9.17) is 5.73 Å². The third kappa shape index (κ3) is 2.90. The fraction of sp³-hybridized carbons (Fsp3) is 1.00. The molecule has 0 saturated carbocycles. The summed E-state index contributed by atoms with van der Waals surface area (Å²) in [6.45, 7) is 3.25. The van der Waals surface area contributed by atoms with Gasteiger partial charge in [-0.2, -0.15) is 11.8 Å².